The van der Waals surface area contributed by atoms with E-state index < -0.39 is 0 Å². The molecule has 3 heteroatoms. The van der Waals surface area contributed by atoms with Gasteiger partial charge in [-0.3, -0.25) is 0 Å². The molecule has 0 bridgehead atoms. The maximum Gasteiger partial charge on any atom is 0.231 e. The Morgan fingerprint density at radius 1 is 1.06 bits per heavy atom. The standard InChI is InChI=1S/C13H17NO2.C2H6/c1-2-7-14(6-1)8-5-11-3-4-12-13(9-11)16-10-15-12;1-2/h3-4,9H,1-2,5-8,10H2;1-2H3. The van der Waals surface area contributed by atoms with Crippen molar-refractivity contribution >= 4 is 0 Å². The summed E-state index contributed by atoms with van der Waals surface area (Å²) in [6.45, 7) is 8.07. The van der Waals surface area contributed by atoms with Gasteiger partial charge in [-0.15, -0.1) is 0 Å². The van der Waals surface area contributed by atoms with Gasteiger partial charge in [0, 0.05) is 6.54 Å². The van der Waals surface area contributed by atoms with Gasteiger partial charge >= 0.3 is 0 Å². The molecule has 18 heavy (non-hydrogen) atoms. The molecule has 1 saturated heterocycles. The number of nitrogens with zero attached hydrogens (tertiary/aromatic N) is 1. The van der Waals surface area contributed by atoms with Crippen molar-refractivity contribution in [2.75, 3.05) is 26.4 Å². The van der Waals surface area contributed by atoms with Crippen LogP contribution in [-0.4, -0.2) is 31.3 Å². The highest BCUT2D eigenvalue weighted by atomic mass is 16.7. The Kier molecular flexibility index (Phi) is 4.88. The number of hydrogen-bond acceptors (Lipinski definition) is 3. The molecule has 0 aromatic heterocycles. The molecule has 2 aliphatic heterocycles. The van der Waals surface area contributed by atoms with Crippen LogP contribution in [0, 0.1) is 0 Å². The van der Waals surface area contributed by atoms with E-state index >= 15 is 0 Å². The number of fused-ring (bicyclic) bond motifs is 1. The van der Waals surface area contributed by atoms with E-state index in [9.17, 15) is 0 Å². The lowest BCUT2D eigenvalue weighted by atomic mass is 10.1. The number of benzene rings is 1. The molecule has 1 aromatic rings. The minimum Gasteiger partial charge on any atom is -0.454 e. The van der Waals surface area contributed by atoms with Gasteiger partial charge in [-0.1, -0.05) is 19.9 Å². The van der Waals surface area contributed by atoms with Gasteiger partial charge in [-0.05, 0) is 50.0 Å². The van der Waals surface area contributed by atoms with Crippen LogP contribution in [0.4, 0.5) is 0 Å². The second-order valence-corrected chi connectivity index (χ2v) is 4.49. The van der Waals surface area contributed by atoms with Gasteiger partial charge in [-0.2, -0.15) is 0 Å². The first-order chi connectivity index (χ1) is 8.92. The summed E-state index contributed by atoms with van der Waals surface area (Å²) in [5, 5.41) is 0. The highest BCUT2D eigenvalue weighted by Gasteiger charge is 2.14. The Labute approximate surface area is 110 Å². The molecule has 0 amide bonds. The molecule has 3 rings (SSSR count). The van der Waals surface area contributed by atoms with Crippen molar-refractivity contribution in [1.29, 1.82) is 0 Å². The summed E-state index contributed by atoms with van der Waals surface area (Å²) in [5.74, 6) is 1.78. The van der Waals surface area contributed by atoms with Crippen LogP contribution in [0.3, 0.4) is 0 Å². The van der Waals surface area contributed by atoms with Crippen LogP contribution >= 0.6 is 0 Å². The molecule has 0 aliphatic carbocycles. The zero-order chi connectivity index (χ0) is 12.8. The van der Waals surface area contributed by atoms with Crippen LogP contribution < -0.4 is 9.47 Å². The molecule has 1 aromatic carbocycles. The molecule has 0 N–H and O–H groups in total. The molecule has 0 saturated carbocycles. The highest BCUT2D eigenvalue weighted by molar-refractivity contribution is 5.44. The normalized spacial score (nSPS) is 17.4. The molecule has 2 aliphatic rings. The van der Waals surface area contributed by atoms with Gasteiger partial charge in [0.2, 0.25) is 6.79 Å². The summed E-state index contributed by atoms with van der Waals surface area (Å²) in [7, 11) is 0. The van der Waals surface area contributed by atoms with Crippen LogP contribution in [-0.2, 0) is 6.42 Å². The Balaban J connectivity index is 0.000000574. The minimum atomic E-state index is 0.366. The monoisotopic (exact) mass is 249 g/mol. The lowest BCUT2D eigenvalue weighted by molar-refractivity contribution is 0.174. The predicted octanol–water partition coefficient (Wildman–Crippen LogP) is 3.08. The Morgan fingerprint density at radius 2 is 1.78 bits per heavy atom. The SMILES string of the molecule is CC.c1cc2c(cc1CCN1CCCC1)OCO2. The first-order valence-corrected chi connectivity index (χ1v) is 7.03. The number of hydrogen-bond donors (Lipinski definition) is 0. The maximum atomic E-state index is 5.38. The molecular formula is C15H23NO2. The summed E-state index contributed by atoms with van der Waals surface area (Å²) in [6.07, 6.45) is 3.83. The summed E-state index contributed by atoms with van der Waals surface area (Å²) in [5.41, 5.74) is 1.34. The fraction of sp³-hybridized carbons (Fsp3) is 0.600. The molecule has 2 heterocycles. The van der Waals surface area contributed by atoms with Crippen LogP contribution in [0.2, 0.25) is 0 Å². The maximum absolute atomic E-state index is 5.38. The predicted molar refractivity (Wildman–Crippen MR) is 73.3 cm³/mol. The van der Waals surface area contributed by atoms with Crippen LogP contribution in [0.1, 0.15) is 32.3 Å². The largest absolute Gasteiger partial charge is 0.454 e. The van der Waals surface area contributed by atoms with Crippen LogP contribution in [0.15, 0.2) is 18.2 Å². The van der Waals surface area contributed by atoms with Crippen LogP contribution in [0.5, 0.6) is 11.5 Å². The number of likely N-dealkylation sites (tertiary alicyclic amines) is 1. The quantitative estimate of drug-likeness (QED) is 0.821. The van der Waals surface area contributed by atoms with Crippen molar-refractivity contribution in [3.8, 4) is 11.5 Å². The van der Waals surface area contributed by atoms with Crippen molar-refractivity contribution in [2.45, 2.75) is 33.1 Å². The Bertz CT molecular complexity index is 373. The van der Waals surface area contributed by atoms with Gasteiger partial charge < -0.3 is 14.4 Å². The smallest absolute Gasteiger partial charge is 0.231 e. The molecule has 0 unspecified atom stereocenters. The molecular weight excluding hydrogens is 226 g/mol. The molecule has 0 radical (unpaired) electrons. The van der Waals surface area contributed by atoms with Gasteiger partial charge in [-0.25, -0.2) is 0 Å². The summed E-state index contributed by atoms with van der Waals surface area (Å²) in [4.78, 5) is 2.53. The summed E-state index contributed by atoms with van der Waals surface area (Å²) < 4.78 is 10.7. The first-order valence-electron chi connectivity index (χ1n) is 7.03. The van der Waals surface area contributed by atoms with E-state index in [1.807, 2.05) is 19.9 Å². The zero-order valence-corrected chi connectivity index (χ0v) is 11.4. The lowest BCUT2D eigenvalue weighted by Crippen LogP contribution is -2.21. The van der Waals surface area contributed by atoms with Gasteiger partial charge in [0.05, 0.1) is 0 Å². The average molecular weight is 249 g/mol. The van der Waals surface area contributed by atoms with Crippen LogP contribution in [0.25, 0.3) is 0 Å². The van der Waals surface area contributed by atoms with Gasteiger partial charge in [0.25, 0.3) is 0 Å². The van der Waals surface area contributed by atoms with Gasteiger partial charge in [0.1, 0.15) is 0 Å². The third-order valence-corrected chi connectivity index (χ3v) is 3.35. The fourth-order valence-electron chi connectivity index (χ4n) is 2.39. The second kappa shape index (κ2) is 6.64. The van der Waals surface area contributed by atoms with E-state index in [4.69, 9.17) is 9.47 Å². The van der Waals surface area contributed by atoms with E-state index in [1.54, 1.807) is 0 Å². The van der Waals surface area contributed by atoms with Crippen molar-refractivity contribution < 1.29 is 9.47 Å². The topological polar surface area (TPSA) is 21.7 Å². The minimum absolute atomic E-state index is 0.366. The fourth-order valence-corrected chi connectivity index (χ4v) is 2.39. The van der Waals surface area contributed by atoms with E-state index in [0.29, 0.717) is 6.79 Å². The molecule has 3 nitrogen and oxygen atoms in total. The Hall–Kier alpha value is -1.22. The first kappa shape index (κ1) is 13.2. The average Bonchev–Trinajstić information content (AvgIpc) is 3.09. The van der Waals surface area contributed by atoms with E-state index in [1.165, 1.54) is 38.0 Å². The van der Waals surface area contributed by atoms with E-state index in [-0.39, 0.29) is 0 Å². The Morgan fingerprint density at radius 3 is 2.56 bits per heavy atom. The van der Waals surface area contributed by atoms with E-state index in [2.05, 4.69) is 17.0 Å². The van der Waals surface area contributed by atoms with E-state index in [0.717, 1.165) is 17.9 Å². The molecule has 0 atom stereocenters. The molecule has 1 fully saturated rings. The third-order valence-electron chi connectivity index (χ3n) is 3.35. The van der Waals surface area contributed by atoms with Crippen molar-refractivity contribution in [3.05, 3.63) is 23.8 Å². The van der Waals surface area contributed by atoms with Crippen molar-refractivity contribution in [2.24, 2.45) is 0 Å². The third kappa shape index (κ3) is 3.16. The zero-order valence-electron chi connectivity index (χ0n) is 11.4. The molecule has 100 valence electrons. The number of ether oxygens (including phenoxy) is 2. The van der Waals surface area contributed by atoms with Gasteiger partial charge in [0.15, 0.2) is 11.5 Å². The highest BCUT2D eigenvalue weighted by Crippen LogP contribution is 2.32. The summed E-state index contributed by atoms with van der Waals surface area (Å²) >= 11 is 0. The number of rotatable bonds is 3. The molecule has 0 spiro atoms. The summed E-state index contributed by atoms with van der Waals surface area (Å²) in [6, 6.07) is 6.27. The van der Waals surface area contributed by atoms with Crippen molar-refractivity contribution in [1.82, 2.24) is 4.90 Å². The lowest BCUT2D eigenvalue weighted by Gasteiger charge is -2.14. The van der Waals surface area contributed by atoms with Crippen molar-refractivity contribution in [3.63, 3.8) is 0 Å². The second-order valence-electron chi connectivity index (χ2n) is 4.49.